The van der Waals surface area contributed by atoms with Crippen LogP contribution in [0.3, 0.4) is 0 Å². The summed E-state index contributed by atoms with van der Waals surface area (Å²) < 4.78 is 10.5. The van der Waals surface area contributed by atoms with Crippen molar-refractivity contribution in [3.8, 4) is 11.7 Å². The smallest absolute Gasteiger partial charge is 0.296 e. The summed E-state index contributed by atoms with van der Waals surface area (Å²) in [6.45, 7) is 8.01. The molecule has 2 aromatic rings. The van der Waals surface area contributed by atoms with Gasteiger partial charge in [-0.3, -0.25) is 4.90 Å². The van der Waals surface area contributed by atoms with E-state index in [9.17, 15) is 0 Å². The Morgan fingerprint density at radius 1 is 1.30 bits per heavy atom. The van der Waals surface area contributed by atoms with Crippen LogP contribution in [0.25, 0.3) is 11.7 Å². The summed E-state index contributed by atoms with van der Waals surface area (Å²) in [4.78, 5) is 6.85. The minimum atomic E-state index is 0.193. The topological polar surface area (TPSA) is 80.2 Å². The summed E-state index contributed by atoms with van der Waals surface area (Å²) in [6, 6.07) is 1.99. The first kappa shape index (κ1) is 13.3. The summed E-state index contributed by atoms with van der Waals surface area (Å²) in [6.07, 6.45) is 0.953. The van der Waals surface area contributed by atoms with Gasteiger partial charge in [-0.15, -0.1) is 0 Å². The highest BCUT2D eigenvalue weighted by molar-refractivity contribution is 5.43. The summed E-state index contributed by atoms with van der Waals surface area (Å²) in [5.41, 5.74) is 0.800. The van der Waals surface area contributed by atoms with Crippen LogP contribution in [0.1, 0.15) is 30.9 Å². The van der Waals surface area contributed by atoms with Gasteiger partial charge in [0.05, 0.1) is 11.7 Å². The number of piperazine rings is 1. The van der Waals surface area contributed by atoms with Crippen molar-refractivity contribution in [2.24, 2.45) is 0 Å². The molecule has 0 aromatic carbocycles. The zero-order chi connectivity index (χ0) is 13.9. The van der Waals surface area contributed by atoms with Gasteiger partial charge in [0.2, 0.25) is 5.76 Å². The standard InChI is InChI=1S/C13H19N5O2/c1-3-10(18-6-4-14-5-7-18)12-15-13(20-17-12)11-8-9(2)16-19-11/h8,10,14H,3-7H2,1-2H3. The van der Waals surface area contributed by atoms with E-state index in [1.54, 1.807) is 6.07 Å². The monoisotopic (exact) mass is 277 g/mol. The molecule has 1 atom stereocenters. The second-order valence-electron chi connectivity index (χ2n) is 5.00. The lowest BCUT2D eigenvalue weighted by molar-refractivity contribution is 0.160. The first-order valence-corrected chi connectivity index (χ1v) is 7.00. The Morgan fingerprint density at radius 3 is 2.75 bits per heavy atom. The highest BCUT2D eigenvalue weighted by Gasteiger charge is 2.26. The van der Waals surface area contributed by atoms with E-state index in [1.807, 2.05) is 6.92 Å². The lowest BCUT2D eigenvalue weighted by atomic mass is 10.1. The van der Waals surface area contributed by atoms with E-state index < -0.39 is 0 Å². The number of hydrogen-bond acceptors (Lipinski definition) is 7. The second kappa shape index (κ2) is 5.72. The largest absolute Gasteiger partial charge is 0.351 e. The third-order valence-electron chi connectivity index (χ3n) is 3.56. The molecule has 2 aromatic heterocycles. The fourth-order valence-corrected chi connectivity index (χ4v) is 2.53. The number of nitrogens with zero attached hydrogens (tertiary/aromatic N) is 4. The van der Waals surface area contributed by atoms with Gasteiger partial charge in [-0.05, 0) is 13.3 Å². The molecule has 3 rings (SSSR count). The molecule has 1 aliphatic rings. The maximum atomic E-state index is 5.30. The average Bonchev–Trinajstić information content (AvgIpc) is 3.10. The maximum absolute atomic E-state index is 5.30. The number of rotatable bonds is 4. The number of aryl methyl sites for hydroxylation is 1. The first-order valence-electron chi connectivity index (χ1n) is 7.00. The van der Waals surface area contributed by atoms with E-state index in [0.29, 0.717) is 11.7 Å². The third kappa shape index (κ3) is 2.59. The molecule has 7 heteroatoms. The molecule has 108 valence electrons. The fourth-order valence-electron chi connectivity index (χ4n) is 2.53. The molecular formula is C13H19N5O2. The molecule has 0 saturated carbocycles. The molecule has 0 bridgehead atoms. The minimum Gasteiger partial charge on any atom is -0.351 e. The summed E-state index contributed by atoms with van der Waals surface area (Å²) in [5.74, 6) is 1.64. The van der Waals surface area contributed by atoms with Crippen molar-refractivity contribution in [3.63, 3.8) is 0 Å². The quantitative estimate of drug-likeness (QED) is 0.904. The van der Waals surface area contributed by atoms with Gasteiger partial charge in [-0.1, -0.05) is 17.2 Å². The van der Waals surface area contributed by atoms with Crippen LogP contribution in [0.4, 0.5) is 0 Å². The van der Waals surface area contributed by atoms with Crippen molar-refractivity contribution in [3.05, 3.63) is 17.6 Å². The van der Waals surface area contributed by atoms with Gasteiger partial charge in [0.25, 0.3) is 5.89 Å². The number of nitrogens with one attached hydrogen (secondary N) is 1. The van der Waals surface area contributed by atoms with E-state index >= 15 is 0 Å². The van der Waals surface area contributed by atoms with Crippen LogP contribution in [0.2, 0.25) is 0 Å². The maximum Gasteiger partial charge on any atom is 0.296 e. The highest BCUT2D eigenvalue weighted by Crippen LogP contribution is 2.25. The van der Waals surface area contributed by atoms with Crippen LogP contribution in [0.15, 0.2) is 15.1 Å². The fraction of sp³-hybridized carbons (Fsp3) is 0.615. The lowest BCUT2D eigenvalue weighted by Crippen LogP contribution is -2.45. The van der Waals surface area contributed by atoms with Crippen molar-refractivity contribution in [1.82, 2.24) is 25.5 Å². The third-order valence-corrected chi connectivity index (χ3v) is 3.56. The summed E-state index contributed by atoms with van der Waals surface area (Å²) in [5, 5.41) is 11.3. The SMILES string of the molecule is CCC(c1noc(-c2cc(C)no2)n1)N1CCNCC1. The second-order valence-corrected chi connectivity index (χ2v) is 5.00. The van der Waals surface area contributed by atoms with Gasteiger partial charge in [-0.25, -0.2) is 0 Å². The van der Waals surface area contributed by atoms with E-state index in [-0.39, 0.29) is 6.04 Å². The zero-order valence-corrected chi connectivity index (χ0v) is 11.8. The molecule has 1 unspecified atom stereocenters. The summed E-state index contributed by atoms with van der Waals surface area (Å²) in [7, 11) is 0. The van der Waals surface area contributed by atoms with Crippen LogP contribution in [-0.2, 0) is 0 Å². The Balaban J connectivity index is 1.80. The number of hydrogen-bond donors (Lipinski definition) is 1. The Hall–Kier alpha value is -1.73. The van der Waals surface area contributed by atoms with Gasteiger partial charge >= 0.3 is 0 Å². The van der Waals surface area contributed by atoms with E-state index in [1.165, 1.54) is 0 Å². The lowest BCUT2D eigenvalue weighted by Gasteiger charge is -2.32. The molecule has 3 heterocycles. The van der Waals surface area contributed by atoms with Gasteiger partial charge in [-0.2, -0.15) is 4.98 Å². The Labute approximate surface area is 117 Å². The molecule has 1 saturated heterocycles. The van der Waals surface area contributed by atoms with Crippen LogP contribution in [0.5, 0.6) is 0 Å². The predicted octanol–water partition coefficient (Wildman–Crippen LogP) is 1.39. The van der Waals surface area contributed by atoms with Crippen LogP contribution >= 0.6 is 0 Å². The Bertz CT molecular complexity index is 559. The molecule has 0 amide bonds. The van der Waals surface area contributed by atoms with Crippen molar-refractivity contribution in [1.29, 1.82) is 0 Å². The van der Waals surface area contributed by atoms with Crippen molar-refractivity contribution >= 4 is 0 Å². The van der Waals surface area contributed by atoms with E-state index in [2.05, 4.69) is 32.4 Å². The predicted molar refractivity (Wildman–Crippen MR) is 72.0 cm³/mol. The Kier molecular flexibility index (Phi) is 3.79. The van der Waals surface area contributed by atoms with E-state index in [4.69, 9.17) is 9.05 Å². The summed E-state index contributed by atoms with van der Waals surface area (Å²) >= 11 is 0. The number of aromatic nitrogens is 3. The van der Waals surface area contributed by atoms with Crippen molar-refractivity contribution < 1.29 is 9.05 Å². The average molecular weight is 277 g/mol. The van der Waals surface area contributed by atoms with Gasteiger partial charge in [0.1, 0.15) is 0 Å². The molecule has 1 N–H and O–H groups in total. The molecule has 20 heavy (non-hydrogen) atoms. The first-order chi connectivity index (χ1) is 9.78. The molecule has 1 fully saturated rings. The zero-order valence-electron chi connectivity index (χ0n) is 11.8. The minimum absolute atomic E-state index is 0.193. The van der Waals surface area contributed by atoms with Crippen LogP contribution < -0.4 is 5.32 Å². The van der Waals surface area contributed by atoms with Crippen LogP contribution in [0, 0.1) is 6.92 Å². The highest BCUT2D eigenvalue weighted by atomic mass is 16.5. The normalized spacial score (nSPS) is 18.3. The molecular weight excluding hydrogens is 258 g/mol. The Morgan fingerprint density at radius 2 is 2.10 bits per heavy atom. The van der Waals surface area contributed by atoms with Gasteiger partial charge in [0.15, 0.2) is 5.82 Å². The molecule has 0 aliphatic carbocycles. The van der Waals surface area contributed by atoms with E-state index in [0.717, 1.165) is 44.1 Å². The molecule has 0 radical (unpaired) electrons. The van der Waals surface area contributed by atoms with Crippen molar-refractivity contribution in [2.45, 2.75) is 26.3 Å². The van der Waals surface area contributed by atoms with Crippen molar-refractivity contribution in [2.75, 3.05) is 26.2 Å². The van der Waals surface area contributed by atoms with Crippen LogP contribution in [-0.4, -0.2) is 46.4 Å². The molecule has 7 nitrogen and oxygen atoms in total. The molecule has 1 aliphatic heterocycles. The van der Waals surface area contributed by atoms with Gasteiger partial charge in [0, 0.05) is 32.2 Å². The van der Waals surface area contributed by atoms with Gasteiger partial charge < -0.3 is 14.4 Å². The molecule has 0 spiro atoms.